The number of para-hydroxylation sites is 1. The van der Waals surface area contributed by atoms with E-state index in [1.165, 1.54) is 18.3 Å². The molecule has 2 aromatic heterocycles. The van der Waals surface area contributed by atoms with E-state index in [1.807, 2.05) is 6.07 Å². The van der Waals surface area contributed by atoms with Crippen LogP contribution in [0.25, 0.3) is 33.6 Å². The Hall–Kier alpha value is -4.17. The van der Waals surface area contributed by atoms with E-state index in [2.05, 4.69) is 10.1 Å². The summed E-state index contributed by atoms with van der Waals surface area (Å²) in [6.07, 6.45) is -3.24. The summed E-state index contributed by atoms with van der Waals surface area (Å²) in [5, 5.41) is 5.06. The van der Waals surface area contributed by atoms with Crippen LogP contribution in [0.4, 0.5) is 13.2 Å². The molecular formula is C26H15ClF3N3O2. The number of halogens is 4. The van der Waals surface area contributed by atoms with E-state index in [9.17, 15) is 18.0 Å². The molecule has 0 saturated heterocycles. The van der Waals surface area contributed by atoms with Gasteiger partial charge in [-0.05, 0) is 48.5 Å². The average Bonchev–Trinajstić information content (AvgIpc) is 3.32. The Morgan fingerprint density at radius 1 is 0.914 bits per heavy atom. The molecule has 0 radical (unpaired) electrons. The molecule has 0 amide bonds. The van der Waals surface area contributed by atoms with Crippen LogP contribution in [0.15, 0.2) is 99.2 Å². The van der Waals surface area contributed by atoms with E-state index in [0.29, 0.717) is 22.1 Å². The quantitative estimate of drug-likeness (QED) is 0.256. The fourth-order valence-corrected chi connectivity index (χ4v) is 3.78. The highest BCUT2D eigenvalue weighted by molar-refractivity contribution is 6.30. The molecule has 0 aliphatic rings. The first-order chi connectivity index (χ1) is 16.8. The van der Waals surface area contributed by atoms with Gasteiger partial charge in [0, 0.05) is 16.1 Å². The van der Waals surface area contributed by atoms with Crippen molar-refractivity contribution < 1.29 is 17.6 Å². The number of nitrogens with zero attached hydrogens (tertiary/aromatic N) is 3. The Bertz CT molecular complexity index is 1640. The largest absolute Gasteiger partial charge is 0.455 e. The van der Waals surface area contributed by atoms with Crippen LogP contribution >= 0.6 is 11.6 Å². The topological polar surface area (TPSA) is 60.4 Å². The van der Waals surface area contributed by atoms with E-state index in [0.717, 1.165) is 22.4 Å². The number of fused-ring (bicyclic) bond motifs is 1. The fourth-order valence-electron chi connectivity index (χ4n) is 3.59. The van der Waals surface area contributed by atoms with E-state index in [-0.39, 0.29) is 16.8 Å². The maximum Gasteiger partial charge on any atom is 0.416 e. The van der Waals surface area contributed by atoms with E-state index >= 15 is 0 Å². The second kappa shape index (κ2) is 8.88. The fraction of sp³-hybridized carbons (Fsp3) is 0.0385. The molecule has 0 aliphatic carbocycles. The summed E-state index contributed by atoms with van der Waals surface area (Å²) in [5.74, 6) is 0.837. The van der Waals surface area contributed by atoms with Gasteiger partial charge in [0.25, 0.3) is 5.56 Å². The predicted molar refractivity (Wildman–Crippen MR) is 129 cm³/mol. The zero-order valence-corrected chi connectivity index (χ0v) is 18.6. The summed E-state index contributed by atoms with van der Waals surface area (Å²) in [5.41, 5.74) is -0.186. The summed E-state index contributed by atoms with van der Waals surface area (Å²) < 4.78 is 46.7. The molecule has 0 unspecified atom stereocenters. The van der Waals surface area contributed by atoms with Gasteiger partial charge < -0.3 is 4.42 Å². The average molecular weight is 494 g/mol. The number of rotatable bonds is 4. The smallest absolute Gasteiger partial charge is 0.416 e. The number of alkyl halides is 3. The molecule has 0 N–H and O–H groups in total. The number of hydrogen-bond donors (Lipinski definition) is 0. The Morgan fingerprint density at radius 3 is 2.49 bits per heavy atom. The normalized spacial score (nSPS) is 12.0. The summed E-state index contributed by atoms with van der Waals surface area (Å²) >= 11 is 6.04. The molecule has 0 aliphatic heterocycles. The van der Waals surface area contributed by atoms with Gasteiger partial charge in [0.15, 0.2) is 5.82 Å². The predicted octanol–water partition coefficient (Wildman–Crippen LogP) is 6.88. The minimum absolute atomic E-state index is 0.0299. The molecule has 5 aromatic rings. The highest BCUT2D eigenvalue weighted by Gasteiger charge is 2.31. The van der Waals surface area contributed by atoms with Crippen molar-refractivity contribution in [3.8, 4) is 22.7 Å². The van der Waals surface area contributed by atoms with E-state index < -0.39 is 17.3 Å². The number of hydrogen-bond acceptors (Lipinski definition) is 4. The second-order valence-electron chi connectivity index (χ2n) is 7.61. The molecule has 0 spiro atoms. The molecule has 174 valence electrons. The van der Waals surface area contributed by atoms with Crippen LogP contribution in [-0.4, -0.2) is 15.9 Å². The molecule has 0 atom stereocenters. The SMILES string of the molecule is O=c1c2ccccc2nc(-c2cccc(C(F)(F)F)c2)n1N=Cc1ccc(-c2cccc(Cl)c2)o1. The standard InChI is InChI=1S/C26H15ClF3N3O2/c27-19-8-4-5-16(14-19)23-12-11-20(35-23)15-31-33-24(17-6-3-7-18(13-17)26(28,29)30)32-22-10-2-1-9-21(22)25(33)34/h1-15H. The number of aromatic nitrogens is 2. The van der Waals surface area contributed by atoms with Crippen LogP contribution in [0.2, 0.25) is 5.02 Å². The van der Waals surface area contributed by atoms with Gasteiger partial charge in [-0.15, -0.1) is 0 Å². The Kier molecular flexibility index (Phi) is 5.74. The number of furan rings is 1. The molecular weight excluding hydrogens is 479 g/mol. The molecule has 0 fully saturated rings. The van der Waals surface area contributed by atoms with Crippen molar-refractivity contribution in [3.05, 3.63) is 112 Å². The van der Waals surface area contributed by atoms with Gasteiger partial charge in [-0.2, -0.15) is 22.9 Å². The highest BCUT2D eigenvalue weighted by Crippen LogP contribution is 2.32. The lowest BCUT2D eigenvalue weighted by atomic mass is 10.1. The van der Waals surface area contributed by atoms with E-state index in [1.54, 1.807) is 54.6 Å². The van der Waals surface area contributed by atoms with Gasteiger partial charge >= 0.3 is 6.18 Å². The lowest BCUT2D eigenvalue weighted by Crippen LogP contribution is -2.20. The van der Waals surface area contributed by atoms with Crippen molar-refractivity contribution in [2.75, 3.05) is 0 Å². The van der Waals surface area contributed by atoms with Crippen LogP contribution in [0.3, 0.4) is 0 Å². The zero-order valence-electron chi connectivity index (χ0n) is 17.8. The summed E-state index contributed by atoms with van der Waals surface area (Å²) in [7, 11) is 0. The number of benzene rings is 3. The van der Waals surface area contributed by atoms with Gasteiger partial charge in [-0.25, -0.2) is 4.98 Å². The van der Waals surface area contributed by atoms with Crippen LogP contribution in [-0.2, 0) is 6.18 Å². The first kappa shape index (κ1) is 22.6. The van der Waals surface area contributed by atoms with Crippen molar-refractivity contribution in [2.24, 2.45) is 5.10 Å². The minimum atomic E-state index is -4.55. The monoisotopic (exact) mass is 493 g/mol. The minimum Gasteiger partial charge on any atom is -0.455 e. The summed E-state index contributed by atoms with van der Waals surface area (Å²) in [4.78, 5) is 17.7. The van der Waals surface area contributed by atoms with Gasteiger partial charge in [0.05, 0.1) is 22.7 Å². The highest BCUT2D eigenvalue weighted by atomic mass is 35.5. The second-order valence-corrected chi connectivity index (χ2v) is 8.04. The third-order valence-electron chi connectivity index (χ3n) is 5.24. The zero-order chi connectivity index (χ0) is 24.6. The molecule has 0 saturated carbocycles. The Balaban J connectivity index is 1.62. The van der Waals surface area contributed by atoms with Gasteiger partial charge in [0.1, 0.15) is 11.5 Å². The summed E-state index contributed by atoms with van der Waals surface area (Å²) in [6.45, 7) is 0. The van der Waals surface area contributed by atoms with Crippen LogP contribution in [0.5, 0.6) is 0 Å². The van der Waals surface area contributed by atoms with Crippen LogP contribution < -0.4 is 5.56 Å². The van der Waals surface area contributed by atoms with Gasteiger partial charge in [0.2, 0.25) is 0 Å². The first-order valence-corrected chi connectivity index (χ1v) is 10.8. The van der Waals surface area contributed by atoms with Crippen molar-refractivity contribution in [2.45, 2.75) is 6.18 Å². The maximum atomic E-state index is 13.3. The third kappa shape index (κ3) is 4.61. The molecule has 9 heteroatoms. The maximum absolute atomic E-state index is 13.3. The lowest BCUT2D eigenvalue weighted by Gasteiger charge is -2.11. The molecule has 0 bridgehead atoms. The third-order valence-corrected chi connectivity index (χ3v) is 5.47. The van der Waals surface area contributed by atoms with Crippen molar-refractivity contribution >= 4 is 28.7 Å². The van der Waals surface area contributed by atoms with Crippen LogP contribution in [0.1, 0.15) is 11.3 Å². The Morgan fingerprint density at radius 2 is 1.69 bits per heavy atom. The molecule has 35 heavy (non-hydrogen) atoms. The first-order valence-electron chi connectivity index (χ1n) is 10.4. The Labute approximate surface area is 201 Å². The summed E-state index contributed by atoms with van der Waals surface area (Å²) in [6, 6.07) is 21.6. The molecule has 2 heterocycles. The van der Waals surface area contributed by atoms with Crippen molar-refractivity contribution in [1.82, 2.24) is 9.66 Å². The lowest BCUT2D eigenvalue weighted by molar-refractivity contribution is -0.137. The molecule has 5 nitrogen and oxygen atoms in total. The van der Waals surface area contributed by atoms with Gasteiger partial charge in [-0.1, -0.05) is 48.0 Å². The van der Waals surface area contributed by atoms with Gasteiger partial charge in [-0.3, -0.25) is 4.79 Å². The molecule has 3 aromatic carbocycles. The molecule has 5 rings (SSSR count). The van der Waals surface area contributed by atoms with E-state index in [4.69, 9.17) is 16.0 Å². The van der Waals surface area contributed by atoms with Crippen molar-refractivity contribution in [1.29, 1.82) is 0 Å². The van der Waals surface area contributed by atoms with Crippen LogP contribution in [0, 0.1) is 0 Å². The van der Waals surface area contributed by atoms with Crippen molar-refractivity contribution in [3.63, 3.8) is 0 Å².